The molecule has 0 saturated heterocycles. The van der Waals surface area contributed by atoms with Crippen LogP contribution in [0.25, 0.3) is 0 Å². The summed E-state index contributed by atoms with van der Waals surface area (Å²) < 4.78 is 5.44. The minimum atomic E-state index is -0.159. The average molecular weight is 283 g/mol. The third-order valence-electron chi connectivity index (χ3n) is 3.70. The van der Waals surface area contributed by atoms with Gasteiger partial charge in [-0.2, -0.15) is 0 Å². The lowest BCUT2D eigenvalue weighted by Crippen LogP contribution is -2.13. The van der Waals surface area contributed by atoms with E-state index in [-0.39, 0.29) is 6.04 Å². The Bertz CT molecular complexity index is 587. The first-order chi connectivity index (χ1) is 10.0. The molecule has 2 rings (SSSR count). The van der Waals surface area contributed by atoms with Crippen LogP contribution in [0.2, 0.25) is 0 Å². The van der Waals surface area contributed by atoms with Gasteiger partial charge in [0.2, 0.25) is 0 Å². The zero-order valence-electron chi connectivity index (χ0n) is 13.4. The molecule has 21 heavy (non-hydrogen) atoms. The van der Waals surface area contributed by atoms with Gasteiger partial charge in [0.15, 0.2) is 0 Å². The Kier molecular flexibility index (Phi) is 5.03. The van der Waals surface area contributed by atoms with E-state index >= 15 is 0 Å². The summed E-state index contributed by atoms with van der Waals surface area (Å²) in [6, 6.07) is 14.6. The maximum Gasteiger partial charge on any atom is 0.123 e. The molecule has 0 aliphatic carbocycles. The minimum absolute atomic E-state index is 0.159. The van der Waals surface area contributed by atoms with E-state index in [9.17, 15) is 0 Å². The molecule has 112 valence electrons. The van der Waals surface area contributed by atoms with Crippen LogP contribution in [0.15, 0.2) is 42.5 Å². The monoisotopic (exact) mass is 283 g/mol. The molecular weight excluding hydrogens is 258 g/mol. The van der Waals surface area contributed by atoms with Crippen molar-refractivity contribution in [3.05, 3.63) is 64.7 Å². The molecule has 0 spiro atoms. The topological polar surface area (TPSA) is 35.2 Å². The van der Waals surface area contributed by atoms with Crippen LogP contribution in [0.5, 0.6) is 5.75 Å². The van der Waals surface area contributed by atoms with Crippen LogP contribution < -0.4 is 10.5 Å². The molecule has 2 nitrogen and oxygen atoms in total. The van der Waals surface area contributed by atoms with Crippen LogP contribution in [-0.4, -0.2) is 7.11 Å². The van der Waals surface area contributed by atoms with Gasteiger partial charge in [-0.25, -0.2) is 0 Å². The van der Waals surface area contributed by atoms with E-state index in [2.05, 4.69) is 51.1 Å². The highest BCUT2D eigenvalue weighted by molar-refractivity contribution is 5.43. The molecule has 0 bridgehead atoms. The summed E-state index contributed by atoms with van der Waals surface area (Å²) in [4.78, 5) is 0. The number of nitrogens with two attached hydrogens (primary N) is 1. The van der Waals surface area contributed by atoms with E-state index in [0.717, 1.165) is 23.3 Å². The molecular formula is C19H25NO. The number of ether oxygens (including phenoxy) is 1. The van der Waals surface area contributed by atoms with E-state index in [1.165, 1.54) is 11.1 Å². The summed E-state index contributed by atoms with van der Waals surface area (Å²) in [6.07, 6.45) is 1.10. The van der Waals surface area contributed by atoms with Gasteiger partial charge < -0.3 is 10.5 Å². The molecule has 0 fully saturated rings. The van der Waals surface area contributed by atoms with Crippen molar-refractivity contribution >= 4 is 0 Å². The molecule has 1 unspecified atom stereocenters. The molecule has 2 aromatic carbocycles. The highest BCUT2D eigenvalue weighted by Gasteiger charge is 2.14. The van der Waals surface area contributed by atoms with Gasteiger partial charge in [-0.3, -0.25) is 0 Å². The Balaban J connectivity index is 2.27. The van der Waals surface area contributed by atoms with Gasteiger partial charge in [0.1, 0.15) is 5.75 Å². The van der Waals surface area contributed by atoms with Crippen LogP contribution >= 0.6 is 0 Å². The predicted octanol–water partition coefficient (Wildman–Crippen LogP) is 4.25. The molecule has 0 aliphatic rings. The Hall–Kier alpha value is -1.80. The molecule has 2 heteroatoms. The number of aryl methyl sites for hydroxylation is 1. The van der Waals surface area contributed by atoms with Crippen molar-refractivity contribution in [2.75, 3.05) is 7.11 Å². The zero-order valence-corrected chi connectivity index (χ0v) is 13.4. The number of benzene rings is 2. The summed E-state index contributed by atoms with van der Waals surface area (Å²) in [5.74, 6) is 1.51. The lowest BCUT2D eigenvalue weighted by atomic mass is 9.95. The zero-order chi connectivity index (χ0) is 15.4. The largest absolute Gasteiger partial charge is 0.496 e. The average Bonchev–Trinajstić information content (AvgIpc) is 2.46. The van der Waals surface area contributed by atoms with Crippen LogP contribution in [0, 0.1) is 12.8 Å². The summed E-state index contributed by atoms with van der Waals surface area (Å²) in [7, 11) is 1.69. The van der Waals surface area contributed by atoms with Crippen molar-refractivity contribution in [3.63, 3.8) is 0 Å². The van der Waals surface area contributed by atoms with Crippen molar-refractivity contribution in [2.45, 2.75) is 33.2 Å². The lowest BCUT2D eigenvalue weighted by molar-refractivity contribution is 0.407. The molecule has 0 heterocycles. The Labute approximate surface area is 127 Å². The normalized spacial score (nSPS) is 12.5. The van der Waals surface area contributed by atoms with E-state index in [1.54, 1.807) is 7.11 Å². The summed E-state index contributed by atoms with van der Waals surface area (Å²) >= 11 is 0. The summed E-state index contributed by atoms with van der Waals surface area (Å²) in [5, 5.41) is 0. The first-order valence-corrected chi connectivity index (χ1v) is 7.50. The molecule has 0 aromatic heterocycles. The Morgan fingerprint density at radius 3 is 2.29 bits per heavy atom. The standard InChI is InChI=1S/C19H25NO/c1-13(2)11-15-6-8-16(9-7-15)19(20)17-12-14(3)5-10-18(17)21-4/h5-10,12-13,19H,11,20H2,1-4H3. The first-order valence-electron chi connectivity index (χ1n) is 7.50. The van der Waals surface area contributed by atoms with Gasteiger partial charge in [0.05, 0.1) is 13.2 Å². The van der Waals surface area contributed by atoms with Crippen LogP contribution in [0.4, 0.5) is 0 Å². The number of rotatable bonds is 5. The molecule has 0 saturated carbocycles. The second kappa shape index (κ2) is 6.77. The van der Waals surface area contributed by atoms with Crippen molar-refractivity contribution in [1.29, 1.82) is 0 Å². The quantitative estimate of drug-likeness (QED) is 0.890. The Morgan fingerprint density at radius 1 is 1.05 bits per heavy atom. The fraction of sp³-hybridized carbons (Fsp3) is 0.368. The molecule has 2 N–H and O–H groups in total. The van der Waals surface area contributed by atoms with Gasteiger partial charge in [0, 0.05) is 5.56 Å². The molecule has 0 amide bonds. The molecule has 0 aliphatic heterocycles. The first kappa shape index (κ1) is 15.6. The Morgan fingerprint density at radius 2 is 1.71 bits per heavy atom. The van der Waals surface area contributed by atoms with Crippen LogP contribution in [-0.2, 0) is 6.42 Å². The van der Waals surface area contributed by atoms with Crippen LogP contribution in [0.3, 0.4) is 0 Å². The van der Waals surface area contributed by atoms with Gasteiger partial charge in [0.25, 0.3) is 0 Å². The molecule has 2 aromatic rings. The maximum atomic E-state index is 6.43. The molecule has 0 radical (unpaired) electrons. The van der Waals surface area contributed by atoms with Crippen molar-refractivity contribution in [3.8, 4) is 5.75 Å². The van der Waals surface area contributed by atoms with E-state index in [0.29, 0.717) is 5.92 Å². The third-order valence-corrected chi connectivity index (χ3v) is 3.70. The second-order valence-electron chi connectivity index (χ2n) is 6.06. The number of hydrogen-bond acceptors (Lipinski definition) is 2. The second-order valence-corrected chi connectivity index (χ2v) is 6.06. The fourth-order valence-electron chi connectivity index (χ4n) is 2.61. The van der Waals surface area contributed by atoms with E-state index < -0.39 is 0 Å². The highest BCUT2D eigenvalue weighted by Crippen LogP contribution is 2.29. The fourth-order valence-corrected chi connectivity index (χ4v) is 2.61. The number of methoxy groups -OCH3 is 1. The van der Waals surface area contributed by atoms with Gasteiger partial charge in [-0.05, 0) is 36.5 Å². The van der Waals surface area contributed by atoms with Crippen molar-refractivity contribution in [1.82, 2.24) is 0 Å². The number of hydrogen-bond donors (Lipinski definition) is 1. The van der Waals surface area contributed by atoms with Gasteiger partial charge in [-0.1, -0.05) is 55.8 Å². The summed E-state index contributed by atoms with van der Waals surface area (Å²) in [5.41, 5.74) is 11.1. The smallest absolute Gasteiger partial charge is 0.123 e. The SMILES string of the molecule is COc1ccc(C)cc1C(N)c1ccc(CC(C)C)cc1. The van der Waals surface area contributed by atoms with E-state index in [4.69, 9.17) is 10.5 Å². The summed E-state index contributed by atoms with van der Waals surface area (Å²) in [6.45, 7) is 6.54. The van der Waals surface area contributed by atoms with Gasteiger partial charge in [-0.15, -0.1) is 0 Å². The lowest BCUT2D eigenvalue weighted by Gasteiger charge is -2.17. The maximum absolute atomic E-state index is 6.43. The van der Waals surface area contributed by atoms with E-state index in [1.807, 2.05) is 12.1 Å². The minimum Gasteiger partial charge on any atom is -0.496 e. The van der Waals surface area contributed by atoms with Crippen molar-refractivity contribution < 1.29 is 4.74 Å². The van der Waals surface area contributed by atoms with Crippen molar-refractivity contribution in [2.24, 2.45) is 11.7 Å². The van der Waals surface area contributed by atoms with Gasteiger partial charge >= 0.3 is 0 Å². The molecule has 1 atom stereocenters. The predicted molar refractivity (Wildman–Crippen MR) is 88.7 cm³/mol. The third kappa shape index (κ3) is 3.85. The highest BCUT2D eigenvalue weighted by atomic mass is 16.5. The van der Waals surface area contributed by atoms with Crippen LogP contribution in [0.1, 0.15) is 42.1 Å².